The number of piperidine rings is 1. The average molecular weight is 558 g/mol. The largest absolute Gasteiger partial charge is 0.331 e. The standard InChI is InChI=1S/C28H31N9O2S/c1-4-12-36-27(39)22-16-29-28(32-25(22)37(36)24-7-5-6-23(31-24)33-40-3)30-19-8-9-21-18(15-19)17-35(26(21)38)20-10-13-34(2)14-11-20/h4-9,15-16,20,40H,1,10-14,17H2,2-3H3,(H,29,30,32). The maximum atomic E-state index is 13.2. The number of nitrogens with zero attached hydrogens (tertiary/aromatic N) is 8. The van der Waals surface area contributed by atoms with Crippen LogP contribution in [0.15, 0.2) is 64.4 Å². The van der Waals surface area contributed by atoms with Gasteiger partial charge >= 0.3 is 0 Å². The Labute approximate surface area is 235 Å². The molecule has 1 saturated heterocycles. The van der Waals surface area contributed by atoms with Gasteiger partial charge in [0.25, 0.3) is 11.5 Å². The molecule has 206 valence electrons. The molecule has 2 aliphatic heterocycles. The van der Waals surface area contributed by atoms with Crippen LogP contribution in [0.25, 0.3) is 16.9 Å². The number of aromatic nitrogens is 5. The van der Waals surface area contributed by atoms with E-state index in [0.717, 1.165) is 54.3 Å². The van der Waals surface area contributed by atoms with Crippen LogP contribution in [0.2, 0.25) is 0 Å². The Bertz CT molecular complexity index is 1700. The second kappa shape index (κ2) is 10.8. The van der Waals surface area contributed by atoms with Crippen LogP contribution in [0.4, 0.5) is 17.5 Å². The molecule has 0 atom stereocenters. The summed E-state index contributed by atoms with van der Waals surface area (Å²) in [6.45, 7) is 6.69. The normalized spacial score (nSPS) is 16.4. The summed E-state index contributed by atoms with van der Waals surface area (Å²) in [4.78, 5) is 44.5. The molecule has 1 amide bonds. The van der Waals surface area contributed by atoms with E-state index in [4.69, 9.17) is 4.98 Å². The smallest absolute Gasteiger partial charge is 0.278 e. The number of anilines is 2. The van der Waals surface area contributed by atoms with Crippen molar-refractivity contribution in [3.63, 3.8) is 0 Å². The van der Waals surface area contributed by atoms with Gasteiger partial charge in [-0.2, -0.15) is 4.98 Å². The monoisotopic (exact) mass is 557 g/mol. The molecule has 0 radical (unpaired) electrons. The van der Waals surface area contributed by atoms with Crippen molar-refractivity contribution in [1.29, 1.82) is 0 Å². The molecule has 0 bridgehead atoms. The average Bonchev–Trinajstić information content (AvgIpc) is 3.42. The molecular formula is C28H31N9O2S. The number of allylic oxidation sites excluding steroid dienone is 1. The lowest BCUT2D eigenvalue weighted by Crippen LogP contribution is -2.43. The van der Waals surface area contributed by atoms with Gasteiger partial charge in [-0.3, -0.25) is 9.59 Å². The molecule has 0 saturated carbocycles. The minimum absolute atomic E-state index is 0.102. The summed E-state index contributed by atoms with van der Waals surface area (Å²) in [7, 11) is 2.12. The molecule has 40 heavy (non-hydrogen) atoms. The molecule has 1 aromatic carbocycles. The van der Waals surface area contributed by atoms with E-state index in [-0.39, 0.29) is 24.1 Å². The number of fused-ring (bicyclic) bond motifs is 2. The van der Waals surface area contributed by atoms with Crippen LogP contribution in [0.3, 0.4) is 0 Å². The van der Waals surface area contributed by atoms with Crippen LogP contribution in [0, 0.1) is 0 Å². The Balaban J connectivity index is 1.32. The molecule has 5 heterocycles. The molecule has 1 N–H and O–H groups in total. The molecule has 6 rings (SSSR count). The minimum Gasteiger partial charge on any atom is -0.331 e. The predicted octanol–water partition coefficient (Wildman–Crippen LogP) is 3.22. The van der Waals surface area contributed by atoms with E-state index in [1.807, 2.05) is 47.6 Å². The van der Waals surface area contributed by atoms with Gasteiger partial charge < -0.3 is 15.1 Å². The maximum absolute atomic E-state index is 13.2. The number of nitrogens with one attached hydrogen (secondary N) is 1. The van der Waals surface area contributed by atoms with Gasteiger partial charge in [0.1, 0.15) is 5.39 Å². The summed E-state index contributed by atoms with van der Waals surface area (Å²) in [5.41, 5.74) is 2.71. The number of rotatable bonds is 7. The first-order chi connectivity index (χ1) is 19.5. The summed E-state index contributed by atoms with van der Waals surface area (Å²) in [5, 5.41) is 3.64. The van der Waals surface area contributed by atoms with Crippen molar-refractivity contribution in [1.82, 2.24) is 34.1 Å². The highest BCUT2D eigenvalue weighted by molar-refractivity contribution is 7.67. The number of amides is 1. The Hall–Kier alpha value is -4.16. The van der Waals surface area contributed by atoms with Crippen molar-refractivity contribution in [2.45, 2.75) is 32.0 Å². The highest BCUT2D eigenvalue weighted by Crippen LogP contribution is 2.31. The molecule has 0 unspecified atom stereocenters. The number of thiol groups is 1. The molecule has 0 aliphatic carbocycles. The van der Waals surface area contributed by atoms with E-state index < -0.39 is 0 Å². The van der Waals surface area contributed by atoms with Crippen molar-refractivity contribution >= 4 is 46.0 Å². The van der Waals surface area contributed by atoms with E-state index in [0.29, 0.717) is 35.2 Å². The van der Waals surface area contributed by atoms with Gasteiger partial charge in [0.05, 0.1) is 6.54 Å². The van der Waals surface area contributed by atoms with Crippen LogP contribution in [-0.2, 0) is 24.6 Å². The summed E-state index contributed by atoms with van der Waals surface area (Å²) in [6.07, 6.45) is 7.08. The first-order valence-corrected chi connectivity index (χ1v) is 14.5. The zero-order valence-electron chi connectivity index (χ0n) is 22.5. The highest BCUT2D eigenvalue weighted by atomic mass is 32.1. The summed E-state index contributed by atoms with van der Waals surface area (Å²) in [5.74, 6) is 1.52. The predicted molar refractivity (Wildman–Crippen MR) is 158 cm³/mol. The minimum atomic E-state index is -0.232. The molecule has 0 spiro atoms. The van der Waals surface area contributed by atoms with Gasteiger partial charge in [-0.25, -0.2) is 23.7 Å². The molecule has 4 aromatic rings. The molecule has 11 nitrogen and oxygen atoms in total. The topological polar surface area (TPSA) is 114 Å². The lowest BCUT2D eigenvalue weighted by Gasteiger charge is -2.34. The quantitative estimate of drug-likeness (QED) is 0.265. The molecular weight excluding hydrogens is 526 g/mol. The lowest BCUT2D eigenvalue weighted by atomic mass is 10.0. The molecule has 2 aliphatic rings. The van der Waals surface area contributed by atoms with Gasteiger partial charge in [-0.05, 0) is 75.1 Å². The van der Waals surface area contributed by atoms with Gasteiger partial charge in [-0.1, -0.05) is 12.1 Å². The van der Waals surface area contributed by atoms with Crippen molar-refractivity contribution in [2.75, 3.05) is 31.7 Å². The van der Waals surface area contributed by atoms with Crippen LogP contribution >= 0.6 is 0 Å². The Kier molecular flexibility index (Phi) is 7.03. The number of likely N-dealkylation sites (tertiary alicyclic amines) is 1. The van der Waals surface area contributed by atoms with Crippen molar-refractivity contribution in [2.24, 2.45) is 4.36 Å². The van der Waals surface area contributed by atoms with Crippen molar-refractivity contribution in [3.8, 4) is 5.82 Å². The fourth-order valence-electron chi connectivity index (χ4n) is 5.45. The first kappa shape index (κ1) is 26.1. The number of pyridine rings is 1. The SMILES string of the molecule is C=CCn1c(=O)c2cnc(Nc3ccc4c(c3)CN(C3CCN(C)CC3)C4=O)nc2n1-c1cccc(/N=[SH]\C)n1. The van der Waals surface area contributed by atoms with Gasteiger partial charge in [-0.15, -0.1) is 18.1 Å². The van der Waals surface area contributed by atoms with Gasteiger partial charge in [0.15, 0.2) is 17.3 Å². The number of carbonyl (C=O) groups is 1. The summed E-state index contributed by atoms with van der Waals surface area (Å²) >= 11 is 0.835. The van der Waals surface area contributed by atoms with Crippen LogP contribution in [0.1, 0.15) is 28.8 Å². The fraction of sp³-hybridized carbons (Fsp3) is 0.321. The number of carbonyl (C=O) groups excluding carboxylic acids is 1. The van der Waals surface area contributed by atoms with E-state index >= 15 is 0 Å². The lowest BCUT2D eigenvalue weighted by molar-refractivity contribution is 0.0617. The van der Waals surface area contributed by atoms with Crippen molar-refractivity contribution in [3.05, 3.63) is 76.7 Å². The molecule has 12 heteroatoms. The third-order valence-electron chi connectivity index (χ3n) is 7.44. The maximum Gasteiger partial charge on any atom is 0.278 e. The first-order valence-electron chi connectivity index (χ1n) is 13.2. The van der Waals surface area contributed by atoms with Crippen LogP contribution < -0.4 is 10.9 Å². The van der Waals surface area contributed by atoms with E-state index in [1.54, 1.807) is 10.8 Å². The summed E-state index contributed by atoms with van der Waals surface area (Å²) in [6, 6.07) is 11.5. The summed E-state index contributed by atoms with van der Waals surface area (Å²) < 4.78 is 7.58. The van der Waals surface area contributed by atoms with Gasteiger partial charge in [0.2, 0.25) is 5.95 Å². The zero-order chi connectivity index (χ0) is 27.8. The third kappa shape index (κ3) is 4.73. The van der Waals surface area contributed by atoms with Crippen LogP contribution in [0.5, 0.6) is 0 Å². The number of hydrogen-bond donors (Lipinski definition) is 2. The second-order valence-corrected chi connectivity index (χ2v) is 10.6. The van der Waals surface area contributed by atoms with E-state index in [1.165, 1.54) is 10.9 Å². The Morgan fingerprint density at radius 2 is 2.00 bits per heavy atom. The molecule has 3 aromatic heterocycles. The van der Waals surface area contributed by atoms with Gasteiger partial charge in [0, 0.05) is 30.0 Å². The van der Waals surface area contributed by atoms with E-state index in [2.05, 4.69) is 38.2 Å². The van der Waals surface area contributed by atoms with Crippen LogP contribution in [-0.4, -0.2) is 72.5 Å². The van der Waals surface area contributed by atoms with E-state index in [9.17, 15) is 9.59 Å². The van der Waals surface area contributed by atoms with Crippen molar-refractivity contribution < 1.29 is 4.79 Å². The highest BCUT2D eigenvalue weighted by Gasteiger charge is 2.34. The number of benzene rings is 1. The Morgan fingerprint density at radius 3 is 2.77 bits per heavy atom. The molecule has 1 fully saturated rings. The third-order valence-corrected chi connectivity index (χ3v) is 7.84. The Morgan fingerprint density at radius 1 is 1.18 bits per heavy atom. The fourth-order valence-corrected chi connectivity index (χ4v) is 5.76. The zero-order valence-corrected chi connectivity index (χ0v) is 23.4. The second-order valence-electron chi connectivity index (χ2n) is 10.0. The number of hydrogen-bond acceptors (Lipinski definition) is 8.